The van der Waals surface area contributed by atoms with Gasteiger partial charge < -0.3 is 15.2 Å². The molecule has 0 aromatic rings. The van der Waals surface area contributed by atoms with E-state index in [4.69, 9.17) is 9.84 Å². The molecule has 0 saturated heterocycles. The zero-order valence-corrected chi connectivity index (χ0v) is 7.67. The van der Waals surface area contributed by atoms with E-state index >= 15 is 0 Å². The molecule has 0 aliphatic rings. The van der Waals surface area contributed by atoms with Crippen molar-refractivity contribution in [1.82, 2.24) is 5.32 Å². The fourth-order valence-corrected chi connectivity index (χ4v) is 0.772. The Kier molecular flexibility index (Phi) is 6.70. The summed E-state index contributed by atoms with van der Waals surface area (Å²) in [6.45, 7) is 5.35. The summed E-state index contributed by atoms with van der Waals surface area (Å²) in [5, 5.41) is 11.6. The highest BCUT2D eigenvalue weighted by atomic mass is 16.5. The van der Waals surface area contributed by atoms with Crippen LogP contribution in [-0.2, 0) is 9.53 Å². The summed E-state index contributed by atoms with van der Waals surface area (Å²) in [7, 11) is 0. The van der Waals surface area contributed by atoms with Crippen LogP contribution in [0.1, 0.15) is 20.3 Å². The monoisotopic (exact) mass is 175 g/mol. The second-order valence-electron chi connectivity index (χ2n) is 2.50. The minimum atomic E-state index is -0.850. The Bertz CT molecular complexity index is 119. The van der Waals surface area contributed by atoms with Crippen LogP contribution in [0.4, 0.5) is 0 Å². The fourth-order valence-electron chi connectivity index (χ4n) is 0.772. The minimum Gasteiger partial charge on any atom is -0.480 e. The number of carboxylic acid groups (broad SMARTS) is 1. The molecule has 0 aromatic heterocycles. The fraction of sp³-hybridized carbons (Fsp3) is 0.875. The summed E-state index contributed by atoms with van der Waals surface area (Å²) >= 11 is 0. The number of aliphatic carboxylic acids is 1. The first-order valence-electron chi connectivity index (χ1n) is 4.26. The van der Waals surface area contributed by atoms with Gasteiger partial charge in [0.05, 0.1) is 6.61 Å². The first-order valence-corrected chi connectivity index (χ1v) is 4.26. The summed E-state index contributed by atoms with van der Waals surface area (Å²) in [5.74, 6) is -0.850. The quantitative estimate of drug-likeness (QED) is 0.590. The molecule has 0 heterocycles. The van der Waals surface area contributed by atoms with Crippen LogP contribution in [-0.4, -0.2) is 36.9 Å². The van der Waals surface area contributed by atoms with E-state index in [1.807, 2.05) is 13.8 Å². The molecule has 0 spiro atoms. The van der Waals surface area contributed by atoms with Gasteiger partial charge in [-0.2, -0.15) is 0 Å². The number of hydrogen-bond acceptors (Lipinski definition) is 3. The lowest BCUT2D eigenvalue weighted by Gasteiger charge is -2.12. The van der Waals surface area contributed by atoms with Gasteiger partial charge in [-0.3, -0.25) is 4.79 Å². The summed E-state index contributed by atoms with van der Waals surface area (Å²) in [6.07, 6.45) is 0.926. The maximum Gasteiger partial charge on any atom is 0.323 e. The van der Waals surface area contributed by atoms with Crippen molar-refractivity contribution in [3.05, 3.63) is 0 Å². The van der Waals surface area contributed by atoms with Gasteiger partial charge in [0, 0.05) is 6.61 Å². The Balaban J connectivity index is 3.62. The van der Waals surface area contributed by atoms with Crippen LogP contribution in [0, 0.1) is 0 Å². The van der Waals surface area contributed by atoms with Crippen molar-refractivity contribution in [3.63, 3.8) is 0 Å². The topological polar surface area (TPSA) is 58.6 Å². The van der Waals surface area contributed by atoms with Crippen LogP contribution in [0.3, 0.4) is 0 Å². The SMILES string of the molecule is CCCNC(COCC)C(=O)O. The average Bonchev–Trinajstić information content (AvgIpc) is 2.04. The Morgan fingerprint density at radius 1 is 1.58 bits per heavy atom. The molecule has 0 aromatic carbocycles. The van der Waals surface area contributed by atoms with E-state index < -0.39 is 12.0 Å². The maximum atomic E-state index is 10.6. The predicted molar refractivity (Wildman–Crippen MR) is 46.2 cm³/mol. The van der Waals surface area contributed by atoms with E-state index in [9.17, 15) is 4.79 Å². The first kappa shape index (κ1) is 11.4. The number of hydrogen-bond donors (Lipinski definition) is 2. The third kappa shape index (κ3) is 5.09. The lowest BCUT2D eigenvalue weighted by molar-refractivity contribution is -0.141. The van der Waals surface area contributed by atoms with Crippen LogP contribution in [0.5, 0.6) is 0 Å². The third-order valence-electron chi connectivity index (χ3n) is 1.43. The van der Waals surface area contributed by atoms with Crippen molar-refractivity contribution in [1.29, 1.82) is 0 Å². The highest BCUT2D eigenvalue weighted by Gasteiger charge is 2.15. The van der Waals surface area contributed by atoms with E-state index in [1.165, 1.54) is 0 Å². The molecule has 0 amide bonds. The summed E-state index contributed by atoms with van der Waals surface area (Å²) in [6, 6.07) is -0.565. The highest BCUT2D eigenvalue weighted by molar-refractivity contribution is 5.73. The largest absolute Gasteiger partial charge is 0.480 e. The van der Waals surface area contributed by atoms with E-state index in [1.54, 1.807) is 0 Å². The summed E-state index contributed by atoms with van der Waals surface area (Å²) in [5.41, 5.74) is 0. The maximum absolute atomic E-state index is 10.6. The zero-order valence-electron chi connectivity index (χ0n) is 7.67. The lowest BCUT2D eigenvalue weighted by atomic mass is 10.3. The van der Waals surface area contributed by atoms with Gasteiger partial charge in [0.15, 0.2) is 0 Å². The van der Waals surface area contributed by atoms with Crippen LogP contribution in [0.15, 0.2) is 0 Å². The van der Waals surface area contributed by atoms with Gasteiger partial charge in [0.2, 0.25) is 0 Å². The summed E-state index contributed by atoms with van der Waals surface area (Å²) in [4.78, 5) is 10.6. The normalized spacial score (nSPS) is 12.8. The molecule has 1 atom stereocenters. The van der Waals surface area contributed by atoms with Gasteiger partial charge in [-0.15, -0.1) is 0 Å². The molecule has 0 saturated carbocycles. The molecule has 12 heavy (non-hydrogen) atoms. The van der Waals surface area contributed by atoms with Crippen molar-refractivity contribution in [2.45, 2.75) is 26.3 Å². The molecule has 1 unspecified atom stereocenters. The van der Waals surface area contributed by atoms with Crippen LogP contribution in [0.2, 0.25) is 0 Å². The van der Waals surface area contributed by atoms with Gasteiger partial charge in [-0.1, -0.05) is 6.92 Å². The molecule has 2 N–H and O–H groups in total. The van der Waals surface area contributed by atoms with Crippen LogP contribution >= 0.6 is 0 Å². The van der Waals surface area contributed by atoms with E-state index in [0.29, 0.717) is 13.2 Å². The molecule has 0 radical (unpaired) electrons. The van der Waals surface area contributed by atoms with Crippen LogP contribution < -0.4 is 5.32 Å². The second kappa shape index (κ2) is 7.06. The predicted octanol–water partition coefficient (Wildman–Crippen LogP) is 0.476. The summed E-state index contributed by atoms with van der Waals surface area (Å²) < 4.78 is 5.01. The first-order chi connectivity index (χ1) is 5.72. The molecular weight excluding hydrogens is 158 g/mol. The van der Waals surface area contributed by atoms with Gasteiger partial charge in [-0.05, 0) is 19.9 Å². The molecule has 4 nitrogen and oxygen atoms in total. The van der Waals surface area contributed by atoms with Crippen molar-refractivity contribution < 1.29 is 14.6 Å². The van der Waals surface area contributed by atoms with Gasteiger partial charge >= 0.3 is 5.97 Å². The van der Waals surface area contributed by atoms with Crippen molar-refractivity contribution in [2.24, 2.45) is 0 Å². The van der Waals surface area contributed by atoms with Crippen molar-refractivity contribution >= 4 is 5.97 Å². The number of carboxylic acids is 1. The molecule has 0 aliphatic heterocycles. The van der Waals surface area contributed by atoms with Crippen LogP contribution in [0.25, 0.3) is 0 Å². The Morgan fingerprint density at radius 3 is 2.67 bits per heavy atom. The number of nitrogens with one attached hydrogen (secondary N) is 1. The molecule has 72 valence electrons. The molecular formula is C8H17NO3. The Labute approximate surface area is 72.9 Å². The second-order valence-corrected chi connectivity index (χ2v) is 2.50. The average molecular weight is 175 g/mol. The lowest BCUT2D eigenvalue weighted by Crippen LogP contribution is -2.40. The third-order valence-corrected chi connectivity index (χ3v) is 1.43. The molecule has 0 rings (SSSR count). The van der Waals surface area contributed by atoms with E-state index in [-0.39, 0.29) is 6.61 Å². The number of carbonyl (C=O) groups is 1. The Hall–Kier alpha value is -0.610. The van der Waals surface area contributed by atoms with E-state index in [0.717, 1.165) is 6.42 Å². The smallest absolute Gasteiger partial charge is 0.323 e. The van der Waals surface area contributed by atoms with Crippen molar-refractivity contribution in [3.8, 4) is 0 Å². The van der Waals surface area contributed by atoms with E-state index in [2.05, 4.69) is 5.32 Å². The standard InChI is InChI=1S/C8H17NO3/c1-3-5-9-7(8(10)11)6-12-4-2/h7,9H,3-6H2,1-2H3,(H,10,11). The highest BCUT2D eigenvalue weighted by Crippen LogP contribution is 1.87. The Morgan fingerprint density at radius 2 is 2.25 bits per heavy atom. The number of rotatable bonds is 7. The van der Waals surface area contributed by atoms with Gasteiger partial charge in [-0.25, -0.2) is 0 Å². The molecule has 4 heteroatoms. The van der Waals surface area contributed by atoms with Gasteiger partial charge in [0.25, 0.3) is 0 Å². The number of ether oxygens (including phenoxy) is 1. The molecule has 0 bridgehead atoms. The molecule has 0 fully saturated rings. The molecule has 0 aliphatic carbocycles. The zero-order chi connectivity index (χ0) is 9.40. The van der Waals surface area contributed by atoms with Crippen molar-refractivity contribution in [2.75, 3.05) is 19.8 Å². The minimum absolute atomic E-state index is 0.242. The van der Waals surface area contributed by atoms with Gasteiger partial charge in [0.1, 0.15) is 6.04 Å².